The molecule has 94 valence electrons. The quantitative estimate of drug-likeness (QED) is 0.614. The number of ether oxygens (including phenoxy) is 1. The molecule has 0 aromatic heterocycles. The van der Waals surface area contributed by atoms with Crippen LogP contribution in [0.2, 0.25) is 0 Å². The number of nitrogen functional groups attached to an aromatic ring is 1. The van der Waals surface area contributed by atoms with Gasteiger partial charge >= 0.3 is 0 Å². The monoisotopic (exact) mass is 244 g/mol. The minimum atomic E-state index is -0.896. The highest BCUT2D eigenvalue weighted by Gasteiger charge is 2.12. The molecule has 17 heavy (non-hydrogen) atoms. The van der Waals surface area contributed by atoms with Gasteiger partial charge in [-0.2, -0.15) is 0 Å². The van der Waals surface area contributed by atoms with Gasteiger partial charge in [0.1, 0.15) is 11.5 Å². The first-order valence-electron chi connectivity index (χ1n) is 5.16. The second kappa shape index (κ2) is 6.15. The number of carbonyl (C=O) groups is 1. The highest BCUT2D eigenvalue weighted by Crippen LogP contribution is 2.23. The Morgan fingerprint density at radius 1 is 1.47 bits per heavy atom. The topological polar surface area (TPSA) is 64.3 Å². The second-order valence-corrected chi connectivity index (χ2v) is 3.35. The van der Waals surface area contributed by atoms with Crippen molar-refractivity contribution in [2.75, 3.05) is 24.3 Å². The Bertz CT molecular complexity index is 387. The Labute approximate surface area is 97.8 Å². The number of rotatable bonds is 5. The molecule has 0 fully saturated rings. The Morgan fingerprint density at radius 2 is 2.18 bits per heavy atom. The molecule has 0 aliphatic carbocycles. The summed E-state index contributed by atoms with van der Waals surface area (Å²) in [6.45, 7) is 2.54. The van der Waals surface area contributed by atoms with E-state index >= 15 is 0 Å². The normalized spacial score (nSPS) is 10.3. The fraction of sp³-hybridized carbons (Fsp3) is 0.364. The Kier molecular flexibility index (Phi) is 4.84. The number of hydrogen-bond donors (Lipinski definition) is 2. The van der Waals surface area contributed by atoms with E-state index in [0.717, 1.165) is 6.07 Å². The number of benzene rings is 1. The van der Waals surface area contributed by atoms with Crippen molar-refractivity contribution in [2.24, 2.45) is 0 Å². The number of halogens is 2. The van der Waals surface area contributed by atoms with Gasteiger partial charge < -0.3 is 15.8 Å². The molecule has 3 N–H and O–H groups in total. The molecule has 1 aromatic rings. The van der Waals surface area contributed by atoms with Crippen LogP contribution in [0.15, 0.2) is 12.1 Å². The lowest BCUT2D eigenvalue weighted by molar-refractivity contribution is -0.117. The van der Waals surface area contributed by atoms with E-state index in [9.17, 15) is 13.6 Å². The zero-order valence-corrected chi connectivity index (χ0v) is 9.43. The lowest BCUT2D eigenvalue weighted by atomic mass is 10.2. The standard InChI is InChI=1S/C11H14F2N2O2/c1-2-17-4-3-10(16)15-11-8(13)5-7(12)6-9(11)14/h5-6H,2-4,14H2,1H3,(H,15,16). The molecule has 0 radical (unpaired) electrons. The Morgan fingerprint density at radius 3 is 2.76 bits per heavy atom. The average molecular weight is 244 g/mol. The first-order chi connectivity index (χ1) is 8.04. The predicted octanol–water partition coefficient (Wildman–Crippen LogP) is 1.91. The van der Waals surface area contributed by atoms with Crippen molar-refractivity contribution in [1.29, 1.82) is 0 Å². The summed E-state index contributed by atoms with van der Waals surface area (Å²) in [6.07, 6.45) is 0.0874. The van der Waals surface area contributed by atoms with Crippen LogP contribution in [0.25, 0.3) is 0 Å². The van der Waals surface area contributed by atoms with E-state index in [1.165, 1.54) is 0 Å². The predicted molar refractivity (Wildman–Crippen MR) is 60.5 cm³/mol. The van der Waals surface area contributed by atoms with Crippen molar-refractivity contribution in [3.63, 3.8) is 0 Å². The smallest absolute Gasteiger partial charge is 0.226 e. The minimum Gasteiger partial charge on any atom is -0.397 e. The molecule has 0 aliphatic heterocycles. The van der Waals surface area contributed by atoms with Crippen LogP contribution in [0.5, 0.6) is 0 Å². The highest BCUT2D eigenvalue weighted by atomic mass is 19.1. The van der Waals surface area contributed by atoms with Crippen LogP contribution in [-0.2, 0) is 9.53 Å². The van der Waals surface area contributed by atoms with Crippen LogP contribution in [0, 0.1) is 11.6 Å². The van der Waals surface area contributed by atoms with E-state index in [4.69, 9.17) is 10.5 Å². The summed E-state index contributed by atoms with van der Waals surface area (Å²) in [4.78, 5) is 11.4. The molecule has 0 spiro atoms. The molecule has 0 aliphatic rings. The first-order valence-corrected chi connectivity index (χ1v) is 5.16. The molecule has 0 atom stereocenters. The van der Waals surface area contributed by atoms with Crippen molar-refractivity contribution >= 4 is 17.3 Å². The molecule has 0 saturated carbocycles. The summed E-state index contributed by atoms with van der Waals surface area (Å²) < 4.78 is 31.0. The third kappa shape index (κ3) is 3.99. The molecule has 1 aromatic carbocycles. The zero-order chi connectivity index (χ0) is 12.8. The summed E-state index contributed by atoms with van der Waals surface area (Å²) in [5.74, 6) is -2.12. The molecule has 4 nitrogen and oxygen atoms in total. The van der Waals surface area contributed by atoms with Crippen molar-refractivity contribution < 1.29 is 18.3 Å². The van der Waals surface area contributed by atoms with Gasteiger partial charge in [0.05, 0.1) is 18.7 Å². The number of carbonyl (C=O) groups excluding carboxylic acids is 1. The summed E-state index contributed by atoms with van der Waals surface area (Å²) in [6, 6.07) is 1.61. The summed E-state index contributed by atoms with van der Waals surface area (Å²) >= 11 is 0. The van der Waals surface area contributed by atoms with Gasteiger partial charge in [0.15, 0.2) is 5.82 Å². The van der Waals surface area contributed by atoms with Crippen molar-refractivity contribution in [3.8, 4) is 0 Å². The maximum atomic E-state index is 13.3. The van der Waals surface area contributed by atoms with E-state index in [0.29, 0.717) is 12.7 Å². The fourth-order valence-corrected chi connectivity index (χ4v) is 1.24. The van der Waals surface area contributed by atoms with Crippen molar-refractivity contribution in [2.45, 2.75) is 13.3 Å². The number of amides is 1. The van der Waals surface area contributed by atoms with E-state index in [-0.39, 0.29) is 24.4 Å². The van der Waals surface area contributed by atoms with Crippen molar-refractivity contribution in [1.82, 2.24) is 0 Å². The third-order valence-electron chi connectivity index (χ3n) is 2.03. The van der Waals surface area contributed by atoms with Crippen LogP contribution in [-0.4, -0.2) is 19.1 Å². The van der Waals surface area contributed by atoms with Crippen molar-refractivity contribution in [3.05, 3.63) is 23.8 Å². The van der Waals surface area contributed by atoms with Gasteiger partial charge in [-0.05, 0) is 13.0 Å². The highest BCUT2D eigenvalue weighted by molar-refractivity contribution is 5.94. The Hall–Kier alpha value is -1.69. The van der Waals surface area contributed by atoms with Crippen LogP contribution in [0.4, 0.5) is 20.2 Å². The molecule has 0 bridgehead atoms. The van der Waals surface area contributed by atoms with Gasteiger partial charge in [-0.3, -0.25) is 4.79 Å². The summed E-state index contributed by atoms with van der Waals surface area (Å²) in [7, 11) is 0. The first kappa shape index (κ1) is 13.4. The molecular weight excluding hydrogens is 230 g/mol. The van der Waals surface area contributed by atoms with Crippen LogP contribution < -0.4 is 11.1 Å². The number of nitrogens with one attached hydrogen (secondary N) is 1. The SMILES string of the molecule is CCOCCC(=O)Nc1c(N)cc(F)cc1F. The van der Waals surface area contributed by atoms with Gasteiger partial charge in [-0.25, -0.2) is 8.78 Å². The maximum Gasteiger partial charge on any atom is 0.226 e. The van der Waals surface area contributed by atoms with E-state index in [1.807, 2.05) is 0 Å². The van der Waals surface area contributed by atoms with Crippen LogP contribution in [0.3, 0.4) is 0 Å². The molecule has 0 unspecified atom stereocenters. The van der Waals surface area contributed by atoms with Gasteiger partial charge in [-0.15, -0.1) is 0 Å². The lowest BCUT2D eigenvalue weighted by Gasteiger charge is -2.09. The van der Waals surface area contributed by atoms with E-state index in [1.54, 1.807) is 6.92 Å². The number of anilines is 2. The molecule has 1 amide bonds. The van der Waals surface area contributed by atoms with Crippen LogP contribution >= 0.6 is 0 Å². The van der Waals surface area contributed by atoms with Gasteiger partial charge in [-0.1, -0.05) is 0 Å². The molecule has 0 saturated heterocycles. The summed E-state index contributed by atoms with van der Waals surface area (Å²) in [5, 5.41) is 2.28. The third-order valence-corrected chi connectivity index (χ3v) is 2.03. The van der Waals surface area contributed by atoms with E-state index < -0.39 is 17.5 Å². The molecule has 6 heteroatoms. The average Bonchev–Trinajstić information content (AvgIpc) is 2.24. The number of nitrogens with two attached hydrogens (primary N) is 1. The van der Waals surface area contributed by atoms with Gasteiger partial charge in [0.25, 0.3) is 0 Å². The largest absolute Gasteiger partial charge is 0.397 e. The molecule has 0 heterocycles. The fourth-order valence-electron chi connectivity index (χ4n) is 1.24. The molecule has 1 rings (SSSR count). The maximum absolute atomic E-state index is 13.3. The zero-order valence-electron chi connectivity index (χ0n) is 9.43. The lowest BCUT2D eigenvalue weighted by Crippen LogP contribution is -2.16. The van der Waals surface area contributed by atoms with E-state index in [2.05, 4.69) is 5.32 Å². The Balaban J connectivity index is 2.65. The van der Waals surface area contributed by atoms with Gasteiger partial charge in [0.2, 0.25) is 5.91 Å². The molecular formula is C11H14F2N2O2. The summed E-state index contributed by atoms with van der Waals surface area (Å²) in [5.41, 5.74) is 5.05. The minimum absolute atomic E-state index is 0.0874. The number of hydrogen-bond acceptors (Lipinski definition) is 3. The van der Waals surface area contributed by atoms with Crippen LogP contribution in [0.1, 0.15) is 13.3 Å². The van der Waals surface area contributed by atoms with Gasteiger partial charge in [0, 0.05) is 12.7 Å². The second-order valence-electron chi connectivity index (χ2n) is 3.35.